The van der Waals surface area contributed by atoms with Crippen LogP contribution in [-0.2, 0) is 21.2 Å². The van der Waals surface area contributed by atoms with Gasteiger partial charge in [0.15, 0.2) is 0 Å². The van der Waals surface area contributed by atoms with Crippen molar-refractivity contribution in [2.24, 2.45) is 0 Å². The Hall–Kier alpha value is -2.58. The van der Waals surface area contributed by atoms with Gasteiger partial charge in [0.05, 0.1) is 16.1 Å². The molecule has 0 atom stereocenters. The number of benzene rings is 2. The Morgan fingerprint density at radius 1 is 1.03 bits per heavy atom. The van der Waals surface area contributed by atoms with Crippen LogP contribution in [0.25, 0.3) is 0 Å². The molecule has 0 aliphatic carbocycles. The van der Waals surface area contributed by atoms with Crippen molar-refractivity contribution in [3.05, 3.63) is 52.5 Å². The summed E-state index contributed by atoms with van der Waals surface area (Å²) in [5.41, 5.74) is 1.81. The maximum atomic E-state index is 13.0. The summed E-state index contributed by atoms with van der Waals surface area (Å²) < 4.78 is 28.6. The van der Waals surface area contributed by atoms with Crippen molar-refractivity contribution >= 4 is 44.8 Å². The molecule has 7 nitrogen and oxygen atoms in total. The number of rotatable bonds is 4. The highest BCUT2D eigenvalue weighted by Gasteiger charge is 2.25. The van der Waals surface area contributed by atoms with Gasteiger partial charge in [0, 0.05) is 30.2 Å². The first-order chi connectivity index (χ1) is 14.3. The maximum Gasteiger partial charge on any atom is 0.261 e. The zero-order chi connectivity index (χ0) is 21.3. The molecule has 2 heterocycles. The van der Waals surface area contributed by atoms with Gasteiger partial charge in [-0.15, -0.1) is 0 Å². The summed E-state index contributed by atoms with van der Waals surface area (Å²) in [6.07, 6.45) is 3.74. The van der Waals surface area contributed by atoms with E-state index in [1.54, 1.807) is 29.2 Å². The molecule has 0 spiro atoms. The van der Waals surface area contributed by atoms with Gasteiger partial charge in [-0.3, -0.25) is 14.3 Å². The average Bonchev–Trinajstić information content (AvgIpc) is 2.73. The van der Waals surface area contributed by atoms with Crippen molar-refractivity contribution in [2.75, 3.05) is 23.1 Å². The molecule has 30 heavy (non-hydrogen) atoms. The summed E-state index contributed by atoms with van der Waals surface area (Å²) in [7, 11) is -3.96. The number of carbonyl (C=O) groups excluding carboxylic acids is 2. The third kappa shape index (κ3) is 4.29. The monoisotopic (exact) mass is 447 g/mol. The predicted molar refractivity (Wildman–Crippen MR) is 115 cm³/mol. The van der Waals surface area contributed by atoms with E-state index >= 15 is 0 Å². The summed E-state index contributed by atoms with van der Waals surface area (Å²) in [4.78, 5) is 26.3. The molecule has 2 amide bonds. The molecule has 9 heteroatoms. The highest BCUT2D eigenvalue weighted by atomic mass is 35.5. The number of likely N-dealkylation sites (tertiary alicyclic amines) is 1. The highest BCUT2D eigenvalue weighted by molar-refractivity contribution is 7.92. The van der Waals surface area contributed by atoms with E-state index in [2.05, 4.69) is 10.0 Å². The first kappa shape index (κ1) is 20.7. The Bertz CT molecular complexity index is 1110. The van der Waals surface area contributed by atoms with Crippen LogP contribution in [0.1, 0.15) is 41.6 Å². The lowest BCUT2D eigenvalue weighted by atomic mass is 10.0. The van der Waals surface area contributed by atoms with Crippen molar-refractivity contribution in [3.8, 4) is 0 Å². The Morgan fingerprint density at radius 2 is 1.80 bits per heavy atom. The Labute approximate surface area is 180 Å². The van der Waals surface area contributed by atoms with E-state index in [1.807, 2.05) is 0 Å². The van der Waals surface area contributed by atoms with Gasteiger partial charge in [-0.05, 0) is 67.6 Å². The van der Waals surface area contributed by atoms with Crippen molar-refractivity contribution in [2.45, 2.75) is 37.0 Å². The molecule has 1 saturated heterocycles. The number of piperidine rings is 1. The van der Waals surface area contributed by atoms with Gasteiger partial charge >= 0.3 is 0 Å². The number of amides is 2. The molecule has 2 aromatic rings. The van der Waals surface area contributed by atoms with E-state index in [9.17, 15) is 18.0 Å². The third-order valence-electron chi connectivity index (χ3n) is 5.38. The van der Waals surface area contributed by atoms with Crippen LogP contribution in [0.2, 0.25) is 5.02 Å². The summed E-state index contributed by atoms with van der Waals surface area (Å²) in [5.74, 6) is -0.298. The molecule has 2 aliphatic heterocycles. The largest absolute Gasteiger partial charge is 0.339 e. The third-order valence-corrected chi connectivity index (χ3v) is 6.98. The molecule has 0 saturated carbocycles. The number of carbonyl (C=O) groups is 2. The first-order valence-electron chi connectivity index (χ1n) is 9.88. The average molecular weight is 448 g/mol. The van der Waals surface area contributed by atoms with Crippen LogP contribution in [0.5, 0.6) is 0 Å². The van der Waals surface area contributed by atoms with Crippen LogP contribution in [-0.4, -0.2) is 38.2 Å². The SMILES string of the molecule is O=C1CCc2cc(S(=O)(=O)Nc3cc(Cl)ccc3C(=O)N3CCCCC3)ccc2N1. The van der Waals surface area contributed by atoms with E-state index in [0.29, 0.717) is 36.6 Å². The van der Waals surface area contributed by atoms with E-state index < -0.39 is 10.0 Å². The van der Waals surface area contributed by atoms with E-state index in [-0.39, 0.29) is 28.0 Å². The normalized spacial score (nSPS) is 16.6. The quantitative estimate of drug-likeness (QED) is 0.747. The molecule has 0 aromatic heterocycles. The molecule has 0 radical (unpaired) electrons. The van der Waals surface area contributed by atoms with Crippen molar-refractivity contribution in [1.82, 2.24) is 4.90 Å². The number of hydrogen-bond donors (Lipinski definition) is 2. The zero-order valence-electron chi connectivity index (χ0n) is 16.3. The van der Waals surface area contributed by atoms with Gasteiger partial charge in [-0.2, -0.15) is 0 Å². The Morgan fingerprint density at radius 3 is 2.57 bits per heavy atom. The fourth-order valence-corrected chi connectivity index (χ4v) is 5.08. The lowest BCUT2D eigenvalue weighted by molar-refractivity contribution is -0.116. The second-order valence-corrected chi connectivity index (χ2v) is 9.63. The van der Waals surface area contributed by atoms with E-state index in [1.165, 1.54) is 12.1 Å². The van der Waals surface area contributed by atoms with Gasteiger partial charge < -0.3 is 10.2 Å². The van der Waals surface area contributed by atoms with Crippen LogP contribution in [0, 0.1) is 0 Å². The van der Waals surface area contributed by atoms with Gasteiger partial charge in [0.25, 0.3) is 15.9 Å². The van der Waals surface area contributed by atoms with Crippen LogP contribution < -0.4 is 10.0 Å². The van der Waals surface area contributed by atoms with Gasteiger partial charge in [0.1, 0.15) is 0 Å². The number of nitrogens with zero attached hydrogens (tertiary/aromatic N) is 1. The Balaban J connectivity index is 1.64. The number of nitrogens with one attached hydrogen (secondary N) is 2. The molecular weight excluding hydrogens is 426 g/mol. The topological polar surface area (TPSA) is 95.6 Å². The standard InChI is InChI=1S/C21H22ClN3O4S/c22-15-5-7-17(21(27)25-10-2-1-3-11-25)19(13-15)24-30(28,29)16-6-8-18-14(12-16)4-9-20(26)23-18/h5-8,12-13,24H,1-4,9-11H2,(H,23,26). The summed E-state index contributed by atoms with van der Waals surface area (Å²) in [6.45, 7) is 1.31. The van der Waals surface area contributed by atoms with Gasteiger partial charge in [-0.25, -0.2) is 8.42 Å². The molecule has 0 bridgehead atoms. The predicted octanol–water partition coefficient (Wildman–Crippen LogP) is 3.65. The minimum Gasteiger partial charge on any atom is -0.339 e. The summed E-state index contributed by atoms with van der Waals surface area (Å²) in [6, 6.07) is 9.16. The number of fused-ring (bicyclic) bond motifs is 1. The number of hydrogen-bond acceptors (Lipinski definition) is 4. The highest BCUT2D eigenvalue weighted by Crippen LogP contribution is 2.29. The van der Waals surface area contributed by atoms with Crippen molar-refractivity contribution < 1.29 is 18.0 Å². The van der Waals surface area contributed by atoms with Gasteiger partial charge in [-0.1, -0.05) is 11.6 Å². The smallest absolute Gasteiger partial charge is 0.261 e. The second-order valence-electron chi connectivity index (χ2n) is 7.52. The molecule has 2 aliphatic rings. The summed E-state index contributed by atoms with van der Waals surface area (Å²) >= 11 is 6.09. The number of aryl methyl sites for hydroxylation is 1. The molecule has 158 valence electrons. The lowest BCUT2D eigenvalue weighted by Crippen LogP contribution is -2.36. The maximum absolute atomic E-state index is 13.0. The van der Waals surface area contributed by atoms with Crippen molar-refractivity contribution in [3.63, 3.8) is 0 Å². The van der Waals surface area contributed by atoms with Crippen LogP contribution in [0.3, 0.4) is 0 Å². The first-order valence-corrected chi connectivity index (χ1v) is 11.7. The molecular formula is C21H22ClN3O4S. The molecule has 2 aromatic carbocycles. The van der Waals surface area contributed by atoms with E-state index in [4.69, 9.17) is 11.6 Å². The zero-order valence-corrected chi connectivity index (χ0v) is 17.9. The summed E-state index contributed by atoms with van der Waals surface area (Å²) in [5, 5.41) is 3.06. The fraction of sp³-hybridized carbons (Fsp3) is 0.333. The molecule has 4 rings (SSSR count). The second kappa shape index (κ2) is 8.28. The lowest BCUT2D eigenvalue weighted by Gasteiger charge is -2.27. The van der Waals surface area contributed by atoms with Gasteiger partial charge in [0.2, 0.25) is 5.91 Å². The number of halogens is 1. The Kier molecular flexibility index (Phi) is 5.71. The van der Waals surface area contributed by atoms with Crippen LogP contribution >= 0.6 is 11.6 Å². The molecule has 2 N–H and O–H groups in total. The minimum atomic E-state index is -3.96. The van der Waals surface area contributed by atoms with E-state index in [0.717, 1.165) is 24.8 Å². The van der Waals surface area contributed by atoms with Crippen LogP contribution in [0.4, 0.5) is 11.4 Å². The number of sulfonamides is 1. The van der Waals surface area contributed by atoms with Crippen LogP contribution in [0.15, 0.2) is 41.3 Å². The molecule has 1 fully saturated rings. The molecule has 0 unspecified atom stereocenters. The van der Waals surface area contributed by atoms with Crippen molar-refractivity contribution in [1.29, 1.82) is 0 Å². The fourth-order valence-electron chi connectivity index (χ4n) is 3.79. The minimum absolute atomic E-state index is 0.0637. The number of anilines is 2.